The van der Waals surface area contributed by atoms with Gasteiger partial charge in [0.25, 0.3) is 5.56 Å². The smallest absolute Gasteiger partial charge is 0.261 e. The van der Waals surface area contributed by atoms with Crippen LogP contribution in [0.1, 0.15) is 30.8 Å². The molecule has 0 atom stereocenters. The molecule has 0 fully saturated rings. The SMILES string of the molecule is O=C(CCn1cnc2ccccc2c1=O)NCc1cn2c(n1)CCCC2. The zero-order valence-electron chi connectivity index (χ0n) is 14.5. The molecule has 0 aliphatic carbocycles. The van der Waals surface area contributed by atoms with E-state index in [1.165, 1.54) is 23.7 Å². The Labute approximate surface area is 150 Å². The van der Waals surface area contributed by atoms with Gasteiger partial charge in [0.1, 0.15) is 5.82 Å². The third kappa shape index (κ3) is 3.37. The molecule has 0 spiro atoms. The number of imidazole rings is 1. The Hall–Kier alpha value is -2.96. The lowest BCUT2D eigenvalue weighted by molar-refractivity contribution is -0.121. The van der Waals surface area contributed by atoms with Gasteiger partial charge in [0.15, 0.2) is 0 Å². The largest absolute Gasteiger partial charge is 0.350 e. The maximum atomic E-state index is 12.4. The maximum absolute atomic E-state index is 12.4. The third-order valence-corrected chi connectivity index (χ3v) is 4.74. The second kappa shape index (κ2) is 7.11. The quantitative estimate of drug-likeness (QED) is 0.758. The number of para-hydroxylation sites is 1. The molecule has 7 heteroatoms. The van der Waals surface area contributed by atoms with Gasteiger partial charge in [0.2, 0.25) is 5.91 Å². The van der Waals surface area contributed by atoms with Gasteiger partial charge < -0.3 is 9.88 Å². The Kier molecular flexibility index (Phi) is 4.51. The lowest BCUT2D eigenvalue weighted by Crippen LogP contribution is -2.27. The number of nitrogens with zero attached hydrogens (tertiary/aromatic N) is 4. The average molecular weight is 351 g/mol. The van der Waals surface area contributed by atoms with Crippen molar-refractivity contribution in [2.45, 2.75) is 45.3 Å². The van der Waals surface area contributed by atoms with Crippen LogP contribution in [0, 0.1) is 0 Å². The summed E-state index contributed by atoms with van der Waals surface area (Å²) in [6.45, 7) is 1.74. The molecular weight excluding hydrogens is 330 g/mol. The predicted molar refractivity (Wildman–Crippen MR) is 97.6 cm³/mol. The van der Waals surface area contributed by atoms with Crippen LogP contribution < -0.4 is 10.9 Å². The topological polar surface area (TPSA) is 81.8 Å². The molecule has 1 amide bonds. The second-order valence-corrected chi connectivity index (χ2v) is 6.59. The zero-order chi connectivity index (χ0) is 17.9. The van der Waals surface area contributed by atoms with Crippen LogP contribution in [-0.4, -0.2) is 25.0 Å². The van der Waals surface area contributed by atoms with Crippen LogP contribution in [0.25, 0.3) is 10.9 Å². The molecule has 134 valence electrons. The van der Waals surface area contributed by atoms with Crippen LogP contribution in [0.4, 0.5) is 0 Å². The minimum atomic E-state index is -0.120. The summed E-state index contributed by atoms with van der Waals surface area (Å²) in [6.07, 6.45) is 7.12. The molecule has 3 heterocycles. The van der Waals surface area contributed by atoms with E-state index in [1.54, 1.807) is 12.1 Å². The highest BCUT2D eigenvalue weighted by Crippen LogP contribution is 2.14. The number of hydrogen-bond acceptors (Lipinski definition) is 4. The van der Waals surface area contributed by atoms with Crippen molar-refractivity contribution in [1.82, 2.24) is 24.4 Å². The Bertz CT molecular complexity index is 981. The van der Waals surface area contributed by atoms with Gasteiger partial charge in [-0.1, -0.05) is 12.1 Å². The minimum absolute atomic E-state index is 0.101. The number of hydrogen-bond donors (Lipinski definition) is 1. The van der Waals surface area contributed by atoms with Gasteiger partial charge in [-0.05, 0) is 25.0 Å². The molecule has 1 N–H and O–H groups in total. The van der Waals surface area contributed by atoms with Crippen molar-refractivity contribution in [2.24, 2.45) is 0 Å². The molecule has 0 bridgehead atoms. The summed E-state index contributed by atoms with van der Waals surface area (Å²) in [7, 11) is 0. The van der Waals surface area contributed by atoms with Gasteiger partial charge >= 0.3 is 0 Å². The highest BCUT2D eigenvalue weighted by Gasteiger charge is 2.13. The van der Waals surface area contributed by atoms with Gasteiger partial charge in [-0.25, -0.2) is 9.97 Å². The fourth-order valence-electron chi connectivity index (χ4n) is 3.32. The highest BCUT2D eigenvalue weighted by molar-refractivity contribution is 5.77. The van der Waals surface area contributed by atoms with Gasteiger partial charge in [-0.15, -0.1) is 0 Å². The van der Waals surface area contributed by atoms with E-state index in [1.807, 2.05) is 18.3 Å². The van der Waals surface area contributed by atoms with Crippen molar-refractivity contribution in [3.8, 4) is 0 Å². The molecule has 2 aromatic heterocycles. The van der Waals surface area contributed by atoms with Crippen molar-refractivity contribution >= 4 is 16.8 Å². The molecular formula is C19H21N5O2. The first kappa shape index (κ1) is 16.5. The third-order valence-electron chi connectivity index (χ3n) is 4.74. The molecule has 0 unspecified atom stereocenters. The van der Waals surface area contributed by atoms with E-state index < -0.39 is 0 Å². The van der Waals surface area contributed by atoms with Gasteiger partial charge in [0.05, 0.1) is 29.5 Å². The van der Waals surface area contributed by atoms with E-state index in [9.17, 15) is 9.59 Å². The molecule has 3 aromatic rings. The first-order valence-electron chi connectivity index (χ1n) is 8.96. The fourth-order valence-corrected chi connectivity index (χ4v) is 3.32. The van der Waals surface area contributed by atoms with Crippen molar-refractivity contribution in [3.05, 3.63) is 58.7 Å². The molecule has 0 radical (unpaired) electrons. The van der Waals surface area contributed by atoms with Crippen molar-refractivity contribution < 1.29 is 4.79 Å². The van der Waals surface area contributed by atoms with Crippen LogP contribution in [0.3, 0.4) is 0 Å². The molecule has 4 rings (SSSR count). The Balaban J connectivity index is 1.35. The number of aromatic nitrogens is 4. The summed E-state index contributed by atoms with van der Waals surface area (Å²) < 4.78 is 3.66. The lowest BCUT2D eigenvalue weighted by atomic mass is 10.2. The summed E-state index contributed by atoms with van der Waals surface area (Å²) in [5, 5.41) is 3.45. The first-order chi connectivity index (χ1) is 12.7. The summed E-state index contributed by atoms with van der Waals surface area (Å²) in [5.41, 5.74) is 1.44. The van der Waals surface area contributed by atoms with E-state index in [-0.39, 0.29) is 17.9 Å². The number of rotatable bonds is 5. The van der Waals surface area contributed by atoms with E-state index in [4.69, 9.17) is 0 Å². The van der Waals surface area contributed by atoms with Crippen molar-refractivity contribution in [1.29, 1.82) is 0 Å². The first-order valence-corrected chi connectivity index (χ1v) is 8.96. The van der Waals surface area contributed by atoms with E-state index in [2.05, 4.69) is 19.9 Å². The number of fused-ring (bicyclic) bond motifs is 2. The molecule has 1 aliphatic rings. The van der Waals surface area contributed by atoms with Crippen LogP contribution in [0.2, 0.25) is 0 Å². The van der Waals surface area contributed by atoms with E-state index >= 15 is 0 Å². The van der Waals surface area contributed by atoms with E-state index in [0.29, 0.717) is 24.0 Å². The van der Waals surface area contributed by atoms with Crippen LogP contribution >= 0.6 is 0 Å². The normalized spacial score (nSPS) is 13.5. The molecule has 0 saturated heterocycles. The summed E-state index contributed by atoms with van der Waals surface area (Å²) in [5.74, 6) is 1.00. The van der Waals surface area contributed by atoms with Crippen LogP contribution in [-0.2, 0) is 30.8 Å². The zero-order valence-corrected chi connectivity index (χ0v) is 14.5. The Morgan fingerprint density at radius 2 is 2.12 bits per heavy atom. The van der Waals surface area contributed by atoms with E-state index in [0.717, 1.165) is 24.5 Å². The van der Waals surface area contributed by atoms with Crippen LogP contribution in [0.5, 0.6) is 0 Å². The standard InChI is InChI=1S/C19H21N5O2/c25-18(20-11-14-12-23-9-4-3-7-17(23)22-14)8-10-24-13-21-16-6-2-1-5-15(16)19(24)26/h1-2,5-6,12-13H,3-4,7-11H2,(H,20,25). The van der Waals surface area contributed by atoms with Gasteiger partial charge in [-0.2, -0.15) is 0 Å². The summed E-state index contributed by atoms with van der Waals surface area (Å²) in [4.78, 5) is 33.4. The maximum Gasteiger partial charge on any atom is 0.261 e. The Morgan fingerprint density at radius 1 is 1.23 bits per heavy atom. The summed E-state index contributed by atoms with van der Waals surface area (Å²) >= 11 is 0. The average Bonchev–Trinajstić information content (AvgIpc) is 3.09. The lowest BCUT2D eigenvalue weighted by Gasteiger charge is -2.11. The number of aryl methyl sites for hydroxylation is 3. The fraction of sp³-hybridized carbons (Fsp3) is 0.368. The van der Waals surface area contributed by atoms with Crippen molar-refractivity contribution in [2.75, 3.05) is 0 Å². The van der Waals surface area contributed by atoms with Gasteiger partial charge in [-0.3, -0.25) is 14.2 Å². The number of benzene rings is 1. The Morgan fingerprint density at radius 3 is 3.00 bits per heavy atom. The monoisotopic (exact) mass is 351 g/mol. The number of carbonyl (C=O) groups is 1. The number of nitrogens with one attached hydrogen (secondary N) is 1. The molecule has 0 saturated carbocycles. The molecule has 1 aromatic carbocycles. The van der Waals surface area contributed by atoms with Crippen molar-refractivity contribution in [3.63, 3.8) is 0 Å². The van der Waals surface area contributed by atoms with Crippen LogP contribution in [0.15, 0.2) is 41.6 Å². The number of carbonyl (C=O) groups excluding carboxylic acids is 1. The summed E-state index contributed by atoms with van der Waals surface area (Å²) in [6, 6.07) is 7.22. The highest BCUT2D eigenvalue weighted by atomic mass is 16.1. The predicted octanol–water partition coefficient (Wildman–Crippen LogP) is 1.64. The molecule has 1 aliphatic heterocycles. The molecule has 26 heavy (non-hydrogen) atoms. The molecule has 7 nitrogen and oxygen atoms in total. The number of amides is 1. The minimum Gasteiger partial charge on any atom is -0.350 e. The van der Waals surface area contributed by atoms with Gasteiger partial charge in [0, 0.05) is 32.1 Å². The second-order valence-electron chi connectivity index (χ2n) is 6.59.